The summed E-state index contributed by atoms with van der Waals surface area (Å²) >= 11 is 0. The fourth-order valence-electron chi connectivity index (χ4n) is 1.39. The van der Waals surface area contributed by atoms with Crippen LogP contribution in [0.25, 0.3) is 0 Å². The summed E-state index contributed by atoms with van der Waals surface area (Å²) in [5.41, 5.74) is 0.534. The van der Waals surface area contributed by atoms with Crippen molar-refractivity contribution < 1.29 is 19.1 Å². The van der Waals surface area contributed by atoms with Crippen molar-refractivity contribution in [3.8, 4) is 0 Å². The van der Waals surface area contributed by atoms with Crippen LogP contribution in [0.4, 0.5) is 0 Å². The summed E-state index contributed by atoms with van der Waals surface area (Å²) in [6.07, 6.45) is 6.34. The Bertz CT molecular complexity index is 307. The Morgan fingerprint density at radius 1 is 1.05 bits per heavy atom. The molecule has 0 aromatic rings. The fourth-order valence-corrected chi connectivity index (χ4v) is 1.39. The van der Waals surface area contributed by atoms with E-state index in [9.17, 15) is 9.59 Å². The molecule has 0 saturated heterocycles. The van der Waals surface area contributed by atoms with Gasteiger partial charge in [0.05, 0.1) is 13.2 Å². The van der Waals surface area contributed by atoms with Gasteiger partial charge in [-0.15, -0.1) is 0 Å². The third-order valence-corrected chi connectivity index (χ3v) is 2.55. The summed E-state index contributed by atoms with van der Waals surface area (Å²) < 4.78 is 9.86. The number of unbranched alkanes of at least 4 members (excludes halogenated alkanes) is 3. The quantitative estimate of drug-likeness (QED) is 0.328. The number of ether oxygens (including phenoxy) is 2. The summed E-state index contributed by atoms with van der Waals surface area (Å²) in [6, 6.07) is 0. The topological polar surface area (TPSA) is 52.6 Å². The van der Waals surface area contributed by atoms with E-state index in [1.165, 1.54) is 0 Å². The molecule has 0 spiro atoms. The molecule has 4 nitrogen and oxygen atoms in total. The van der Waals surface area contributed by atoms with Gasteiger partial charge >= 0.3 is 11.9 Å². The van der Waals surface area contributed by atoms with Crippen LogP contribution >= 0.6 is 0 Å². The molecule has 0 radical (unpaired) electrons. The van der Waals surface area contributed by atoms with E-state index in [1.54, 1.807) is 0 Å². The summed E-state index contributed by atoms with van der Waals surface area (Å²) in [5, 5.41) is 0. The number of rotatable bonds is 11. The molecule has 0 saturated carbocycles. The lowest BCUT2D eigenvalue weighted by atomic mass is 10.1. The van der Waals surface area contributed by atoms with Crippen LogP contribution in [-0.2, 0) is 19.1 Å². The number of carbonyl (C=O) groups excluding carboxylic acids is 2. The molecule has 0 aliphatic carbocycles. The Kier molecular flexibility index (Phi) is 10.6. The molecule has 0 aromatic carbocycles. The van der Waals surface area contributed by atoms with Gasteiger partial charge in [0.2, 0.25) is 0 Å². The van der Waals surface area contributed by atoms with Gasteiger partial charge < -0.3 is 9.47 Å². The highest BCUT2D eigenvalue weighted by molar-refractivity contribution is 5.87. The Morgan fingerprint density at radius 2 is 1.68 bits per heavy atom. The zero-order valence-corrected chi connectivity index (χ0v) is 11.8. The monoisotopic (exact) mass is 268 g/mol. The molecule has 0 atom stereocenters. The first-order valence-corrected chi connectivity index (χ1v) is 6.75. The van der Waals surface area contributed by atoms with Crippen molar-refractivity contribution in [3.05, 3.63) is 24.8 Å². The molecule has 0 N–H and O–H groups in total. The molecule has 0 amide bonds. The predicted molar refractivity (Wildman–Crippen MR) is 74.6 cm³/mol. The van der Waals surface area contributed by atoms with E-state index in [2.05, 4.69) is 20.1 Å². The van der Waals surface area contributed by atoms with Crippen LogP contribution in [0.3, 0.4) is 0 Å². The van der Waals surface area contributed by atoms with Gasteiger partial charge in [-0.05, 0) is 25.7 Å². The van der Waals surface area contributed by atoms with Crippen LogP contribution < -0.4 is 0 Å². The minimum absolute atomic E-state index is 0.319. The van der Waals surface area contributed by atoms with E-state index in [1.807, 2.05) is 0 Å². The van der Waals surface area contributed by atoms with Crippen LogP contribution in [0, 0.1) is 0 Å². The van der Waals surface area contributed by atoms with Crippen molar-refractivity contribution in [2.45, 2.75) is 45.4 Å². The van der Waals surface area contributed by atoms with Crippen molar-refractivity contribution in [2.24, 2.45) is 0 Å². The second-order valence-electron chi connectivity index (χ2n) is 4.28. The molecule has 0 aliphatic rings. The average Bonchev–Trinajstić information content (AvgIpc) is 2.42. The maximum atomic E-state index is 11.5. The largest absolute Gasteiger partial charge is 0.463 e. The lowest BCUT2D eigenvalue weighted by molar-refractivity contribution is -0.141. The molecular formula is C15H24O4. The maximum Gasteiger partial charge on any atom is 0.333 e. The van der Waals surface area contributed by atoms with Crippen LogP contribution in [-0.4, -0.2) is 25.2 Å². The first-order chi connectivity index (χ1) is 9.11. The molecule has 0 aromatic heterocycles. The van der Waals surface area contributed by atoms with E-state index < -0.39 is 5.97 Å². The van der Waals surface area contributed by atoms with E-state index in [0.29, 0.717) is 38.0 Å². The Labute approximate surface area is 115 Å². The Balaban J connectivity index is 3.49. The van der Waals surface area contributed by atoms with Crippen molar-refractivity contribution >= 4 is 11.9 Å². The van der Waals surface area contributed by atoms with E-state index in [-0.39, 0.29) is 5.97 Å². The first-order valence-electron chi connectivity index (χ1n) is 6.75. The lowest BCUT2D eigenvalue weighted by Crippen LogP contribution is -2.09. The van der Waals surface area contributed by atoms with Crippen molar-refractivity contribution in [2.75, 3.05) is 13.2 Å². The van der Waals surface area contributed by atoms with E-state index >= 15 is 0 Å². The summed E-state index contributed by atoms with van der Waals surface area (Å²) in [6.45, 7) is 9.78. The summed E-state index contributed by atoms with van der Waals surface area (Å²) in [7, 11) is 0. The van der Waals surface area contributed by atoms with Gasteiger partial charge in [0, 0.05) is 11.6 Å². The zero-order valence-electron chi connectivity index (χ0n) is 11.8. The smallest absolute Gasteiger partial charge is 0.333 e. The standard InChI is InChI=1S/C15H24O4/c1-4-6-7-10-13(3)15(17)19-12-9-8-11-18-14(16)5-2/h5H,2-4,6-12H2,1H3. The third kappa shape index (κ3) is 10.1. The summed E-state index contributed by atoms with van der Waals surface area (Å²) in [5.74, 6) is -0.750. The van der Waals surface area contributed by atoms with Gasteiger partial charge in [0.15, 0.2) is 0 Å². The van der Waals surface area contributed by atoms with Crippen LogP contribution in [0.2, 0.25) is 0 Å². The Hall–Kier alpha value is -1.58. The van der Waals surface area contributed by atoms with E-state index in [0.717, 1.165) is 25.3 Å². The number of hydrogen-bond donors (Lipinski definition) is 0. The van der Waals surface area contributed by atoms with Crippen LogP contribution in [0.15, 0.2) is 24.8 Å². The van der Waals surface area contributed by atoms with Gasteiger partial charge in [-0.25, -0.2) is 9.59 Å². The molecule has 0 heterocycles. The lowest BCUT2D eigenvalue weighted by Gasteiger charge is -2.07. The minimum Gasteiger partial charge on any atom is -0.463 e. The SMILES string of the molecule is C=CC(=O)OCCCCOC(=O)C(=C)CCCCC. The molecule has 0 bridgehead atoms. The number of hydrogen-bond acceptors (Lipinski definition) is 4. The van der Waals surface area contributed by atoms with Gasteiger partial charge in [0.25, 0.3) is 0 Å². The second kappa shape index (κ2) is 11.5. The number of esters is 2. The molecule has 0 rings (SSSR count). The molecule has 108 valence electrons. The molecular weight excluding hydrogens is 244 g/mol. The van der Waals surface area contributed by atoms with E-state index in [4.69, 9.17) is 9.47 Å². The first kappa shape index (κ1) is 17.4. The van der Waals surface area contributed by atoms with Crippen molar-refractivity contribution in [1.82, 2.24) is 0 Å². The highest BCUT2D eigenvalue weighted by atomic mass is 16.5. The highest BCUT2D eigenvalue weighted by Crippen LogP contribution is 2.08. The van der Waals surface area contributed by atoms with Crippen LogP contribution in [0.1, 0.15) is 45.4 Å². The van der Waals surface area contributed by atoms with Gasteiger partial charge in [-0.1, -0.05) is 32.9 Å². The molecule has 0 fully saturated rings. The normalized spacial score (nSPS) is 9.74. The minimum atomic E-state index is -0.429. The molecule has 0 unspecified atom stereocenters. The Morgan fingerprint density at radius 3 is 2.26 bits per heavy atom. The maximum absolute atomic E-state index is 11.5. The van der Waals surface area contributed by atoms with Crippen molar-refractivity contribution in [1.29, 1.82) is 0 Å². The fraction of sp³-hybridized carbons (Fsp3) is 0.600. The van der Waals surface area contributed by atoms with Gasteiger partial charge in [-0.3, -0.25) is 0 Å². The molecule has 19 heavy (non-hydrogen) atoms. The third-order valence-electron chi connectivity index (χ3n) is 2.55. The molecule has 4 heteroatoms. The second-order valence-corrected chi connectivity index (χ2v) is 4.28. The van der Waals surface area contributed by atoms with Gasteiger partial charge in [0.1, 0.15) is 0 Å². The summed E-state index contributed by atoms with van der Waals surface area (Å²) in [4.78, 5) is 22.2. The van der Waals surface area contributed by atoms with Crippen LogP contribution in [0.5, 0.6) is 0 Å². The number of carbonyl (C=O) groups is 2. The van der Waals surface area contributed by atoms with Crippen molar-refractivity contribution in [3.63, 3.8) is 0 Å². The molecule has 0 aliphatic heterocycles. The highest BCUT2D eigenvalue weighted by Gasteiger charge is 2.07. The zero-order chi connectivity index (χ0) is 14.5. The average molecular weight is 268 g/mol. The predicted octanol–water partition coefficient (Wildman–Crippen LogP) is 3.18. The van der Waals surface area contributed by atoms with Gasteiger partial charge in [-0.2, -0.15) is 0 Å².